The quantitative estimate of drug-likeness (QED) is 0.0881. The number of nitrogens with zero attached hydrogens (tertiary/aromatic N) is 9. The van der Waals surface area contributed by atoms with Gasteiger partial charge in [-0.3, -0.25) is 0 Å². The van der Waals surface area contributed by atoms with Crippen LogP contribution in [0.15, 0.2) is 0 Å². The predicted octanol–water partition coefficient (Wildman–Crippen LogP) is 5.84. The van der Waals surface area contributed by atoms with Crippen LogP contribution >= 0.6 is 0 Å². The Morgan fingerprint density at radius 3 is 0.622 bits per heavy atom. The third-order valence-electron chi connectivity index (χ3n) is 6.84. The third kappa shape index (κ3) is 3.31. The SMILES string of the molecule is N#Cc1c(F)c(F)c2nc3c4nc5c(F)c(C#N)c(F)c(F)c5nc4c4nc5c(F)c(C#N)c(F)c(F)c5nc4c3nc2c1F. The standard InChI is InChI=1S/C27F9N9/c28-7-4(1-37)10(31)16-19(13(7)34)43-25-22(40-16)26-24(42-17-11(32)5(2-38)8(29)14(35)20(17)44-26)27-23(25)41-18-12(33)6(3-39)9(30)15(36)21(18)45-27. The fourth-order valence-electron chi connectivity index (χ4n) is 4.79. The molecule has 0 spiro atoms. The zero-order valence-corrected chi connectivity index (χ0v) is 20.9. The minimum atomic E-state index is -1.97. The first kappa shape index (κ1) is 27.4. The number of benzene rings is 4. The predicted molar refractivity (Wildman–Crippen MR) is 132 cm³/mol. The summed E-state index contributed by atoms with van der Waals surface area (Å²) in [6, 6.07) is 3.34. The van der Waals surface area contributed by atoms with Gasteiger partial charge in [0.15, 0.2) is 52.4 Å². The van der Waals surface area contributed by atoms with Crippen LogP contribution in [-0.2, 0) is 0 Å². The molecule has 45 heavy (non-hydrogen) atoms. The molecule has 0 atom stereocenters. The van der Waals surface area contributed by atoms with E-state index in [1.165, 1.54) is 0 Å². The molecule has 0 aliphatic heterocycles. The van der Waals surface area contributed by atoms with Crippen LogP contribution in [0, 0.1) is 86.3 Å². The second-order valence-corrected chi connectivity index (χ2v) is 9.14. The van der Waals surface area contributed by atoms with Crippen LogP contribution in [0.5, 0.6) is 0 Å². The van der Waals surface area contributed by atoms with Gasteiger partial charge in [0.05, 0.1) is 0 Å². The Balaban J connectivity index is 1.84. The molecular formula is C27F9N9. The van der Waals surface area contributed by atoms with Crippen LogP contribution in [0.3, 0.4) is 0 Å². The van der Waals surface area contributed by atoms with Crippen LogP contribution in [0.1, 0.15) is 16.7 Å². The maximum Gasteiger partial charge on any atom is 0.188 e. The average Bonchev–Trinajstić information content (AvgIpc) is 3.04. The van der Waals surface area contributed by atoms with E-state index in [0.717, 1.165) is 18.2 Å². The number of rotatable bonds is 0. The van der Waals surface area contributed by atoms with Gasteiger partial charge in [0, 0.05) is 0 Å². The Morgan fingerprint density at radius 1 is 0.267 bits per heavy atom. The van der Waals surface area contributed by atoms with E-state index in [9.17, 15) is 26.3 Å². The maximum absolute atomic E-state index is 15.1. The van der Waals surface area contributed by atoms with Crippen molar-refractivity contribution < 1.29 is 39.5 Å². The number of hydrogen-bond acceptors (Lipinski definition) is 9. The molecule has 0 amide bonds. The lowest BCUT2D eigenvalue weighted by atomic mass is 10.1. The topological polar surface area (TPSA) is 149 Å². The Kier molecular flexibility index (Phi) is 5.48. The minimum Gasteiger partial charge on any atom is -0.239 e. The van der Waals surface area contributed by atoms with E-state index in [1.54, 1.807) is 0 Å². The van der Waals surface area contributed by atoms with Crippen LogP contribution < -0.4 is 0 Å². The van der Waals surface area contributed by atoms with E-state index in [-0.39, 0.29) is 0 Å². The fourth-order valence-corrected chi connectivity index (χ4v) is 4.79. The summed E-state index contributed by atoms with van der Waals surface area (Å²) in [5, 5.41) is 27.4. The molecule has 0 radical (unpaired) electrons. The van der Waals surface area contributed by atoms with Crippen molar-refractivity contribution in [1.82, 2.24) is 29.9 Å². The lowest BCUT2D eigenvalue weighted by molar-refractivity contribution is 0.500. The second-order valence-electron chi connectivity index (χ2n) is 9.14. The zero-order chi connectivity index (χ0) is 32.2. The van der Waals surface area contributed by atoms with Crippen molar-refractivity contribution in [3.05, 3.63) is 69.0 Å². The monoisotopic (exact) mass is 621 g/mol. The molecule has 9 nitrogen and oxygen atoms in total. The van der Waals surface area contributed by atoms with Crippen molar-refractivity contribution in [3.8, 4) is 18.2 Å². The van der Waals surface area contributed by atoms with E-state index >= 15 is 13.2 Å². The zero-order valence-electron chi connectivity index (χ0n) is 20.9. The molecule has 4 aromatic carbocycles. The van der Waals surface area contributed by atoms with Gasteiger partial charge in [-0.1, -0.05) is 0 Å². The Bertz CT molecular complexity index is 2420. The highest BCUT2D eigenvalue weighted by molar-refractivity contribution is 6.21. The molecule has 0 saturated heterocycles. The number of fused-ring (bicyclic) bond motifs is 9. The summed E-state index contributed by atoms with van der Waals surface area (Å²) in [4.78, 5) is 22.9. The summed E-state index contributed by atoms with van der Waals surface area (Å²) in [5.41, 5.74) is -15.4. The van der Waals surface area contributed by atoms with E-state index in [2.05, 4.69) is 29.9 Å². The van der Waals surface area contributed by atoms with E-state index in [1.807, 2.05) is 0 Å². The van der Waals surface area contributed by atoms with E-state index in [0.29, 0.717) is 0 Å². The van der Waals surface area contributed by atoms with Crippen molar-refractivity contribution >= 4 is 66.2 Å². The van der Waals surface area contributed by atoms with Gasteiger partial charge >= 0.3 is 0 Å². The molecule has 7 aromatic rings. The molecule has 216 valence electrons. The number of nitriles is 3. The van der Waals surface area contributed by atoms with Gasteiger partial charge in [-0.25, -0.2) is 69.4 Å². The highest BCUT2D eigenvalue weighted by atomic mass is 19.2. The summed E-state index contributed by atoms with van der Waals surface area (Å²) in [6.07, 6.45) is 0. The smallest absolute Gasteiger partial charge is 0.188 e. The molecule has 0 aliphatic carbocycles. The third-order valence-corrected chi connectivity index (χ3v) is 6.84. The molecule has 3 heterocycles. The van der Waals surface area contributed by atoms with Crippen LogP contribution in [-0.4, -0.2) is 29.9 Å². The Hall–Kier alpha value is -6.48. The normalized spacial score (nSPS) is 11.6. The Labute approximate surface area is 239 Å². The summed E-state index contributed by atoms with van der Waals surface area (Å²) in [6.45, 7) is 0. The molecule has 3 aromatic heterocycles. The molecule has 0 aliphatic rings. The first-order valence-electron chi connectivity index (χ1n) is 11.8. The minimum absolute atomic E-state index is 0.727. The van der Waals surface area contributed by atoms with Crippen LogP contribution in [0.2, 0.25) is 0 Å². The molecular weight excluding hydrogens is 621 g/mol. The van der Waals surface area contributed by atoms with Crippen molar-refractivity contribution in [2.24, 2.45) is 0 Å². The lowest BCUT2D eigenvalue weighted by Crippen LogP contribution is -2.07. The first-order valence-corrected chi connectivity index (χ1v) is 11.8. The highest BCUT2D eigenvalue weighted by Gasteiger charge is 2.30. The molecule has 0 N–H and O–H groups in total. The van der Waals surface area contributed by atoms with Gasteiger partial charge in [-0.2, -0.15) is 15.8 Å². The summed E-state index contributed by atoms with van der Waals surface area (Å²) in [5.74, 6) is -16.7. The van der Waals surface area contributed by atoms with E-state index in [4.69, 9.17) is 15.8 Å². The van der Waals surface area contributed by atoms with E-state index < -0.39 is 135 Å². The largest absolute Gasteiger partial charge is 0.239 e. The molecule has 0 bridgehead atoms. The number of halogens is 9. The maximum atomic E-state index is 15.1. The van der Waals surface area contributed by atoms with Gasteiger partial charge in [-0.15, -0.1) is 0 Å². The van der Waals surface area contributed by atoms with Crippen molar-refractivity contribution in [2.45, 2.75) is 0 Å². The van der Waals surface area contributed by atoms with Gasteiger partial charge in [0.1, 0.15) is 101 Å². The molecule has 0 fully saturated rings. The van der Waals surface area contributed by atoms with Gasteiger partial charge < -0.3 is 0 Å². The van der Waals surface area contributed by atoms with Gasteiger partial charge in [0.2, 0.25) is 0 Å². The average molecular weight is 621 g/mol. The molecule has 7 rings (SSSR count). The Morgan fingerprint density at radius 2 is 0.444 bits per heavy atom. The molecule has 0 unspecified atom stereocenters. The first-order chi connectivity index (χ1) is 21.4. The fraction of sp³-hybridized carbons (Fsp3) is 0. The molecule has 0 saturated carbocycles. The van der Waals surface area contributed by atoms with Crippen LogP contribution in [0.4, 0.5) is 39.5 Å². The second kappa shape index (κ2) is 9.01. The van der Waals surface area contributed by atoms with Crippen molar-refractivity contribution in [1.29, 1.82) is 15.8 Å². The summed E-state index contributed by atoms with van der Waals surface area (Å²) < 4.78 is 134. The van der Waals surface area contributed by atoms with Gasteiger partial charge in [-0.05, 0) is 0 Å². The van der Waals surface area contributed by atoms with Gasteiger partial charge in [0.25, 0.3) is 0 Å². The molecule has 18 heteroatoms. The van der Waals surface area contributed by atoms with Crippen molar-refractivity contribution in [3.63, 3.8) is 0 Å². The highest BCUT2D eigenvalue weighted by Crippen LogP contribution is 2.37. The lowest BCUT2D eigenvalue weighted by Gasteiger charge is -2.13. The summed E-state index contributed by atoms with van der Waals surface area (Å²) >= 11 is 0. The summed E-state index contributed by atoms with van der Waals surface area (Å²) in [7, 11) is 0. The van der Waals surface area contributed by atoms with Crippen molar-refractivity contribution in [2.75, 3.05) is 0 Å². The van der Waals surface area contributed by atoms with Crippen LogP contribution in [0.25, 0.3) is 66.2 Å². The number of hydrogen-bond donors (Lipinski definition) is 0. The number of aromatic nitrogens is 6.